The highest BCUT2D eigenvalue weighted by Crippen LogP contribution is 2.38. The topological polar surface area (TPSA) is 0 Å². The fourth-order valence-electron chi connectivity index (χ4n) is 7.87. The number of halogens is 4. The van der Waals surface area contributed by atoms with Crippen LogP contribution in [0.25, 0.3) is 11.1 Å². The maximum Gasteiger partial charge on any atom is 0.166 e. The lowest BCUT2D eigenvalue weighted by Gasteiger charge is -2.23. The first kappa shape index (κ1) is 40.3. The van der Waals surface area contributed by atoms with E-state index in [2.05, 4.69) is 74.5 Å². The van der Waals surface area contributed by atoms with Crippen molar-refractivity contribution in [3.05, 3.63) is 154 Å². The molecule has 2 unspecified atom stereocenters. The van der Waals surface area contributed by atoms with Crippen molar-refractivity contribution >= 4 is 11.1 Å². The molecule has 2 atom stereocenters. The van der Waals surface area contributed by atoms with Gasteiger partial charge < -0.3 is 0 Å². The van der Waals surface area contributed by atoms with Gasteiger partial charge >= 0.3 is 0 Å². The Morgan fingerprint density at radius 2 is 0.868 bits per heavy atom. The third-order valence-electron chi connectivity index (χ3n) is 11.2. The van der Waals surface area contributed by atoms with Crippen molar-refractivity contribution in [1.29, 1.82) is 0 Å². The van der Waals surface area contributed by atoms with Crippen molar-refractivity contribution in [1.82, 2.24) is 0 Å². The van der Waals surface area contributed by atoms with Crippen LogP contribution in [0.4, 0.5) is 17.6 Å². The van der Waals surface area contributed by atoms with E-state index in [-0.39, 0.29) is 0 Å². The molecule has 2 aliphatic rings. The summed E-state index contributed by atoms with van der Waals surface area (Å²) >= 11 is 0. The maximum atomic E-state index is 14.0. The summed E-state index contributed by atoms with van der Waals surface area (Å²) in [6.45, 7) is 4.48. The number of benzene rings is 4. The van der Waals surface area contributed by atoms with E-state index in [1.54, 1.807) is 24.3 Å². The average Bonchev–Trinajstić information content (AvgIpc) is 3.19. The standard InChI is InChI=1S/C25H30F2.C24H28F2/c1-2-3-4-5-6-8-19-11-13-20(14-12-19)21-15-17-22(18-16-21)23-9-7-10-24(26)25(23)27;1-2-3-4-5-7-18-10-12-19(13-11-18)20-14-16-21(17-15-20)22-8-6-9-23(25)24(22)26/h7,9-14,17,21H,2-6,8,15-16,18H2,1H3;6,8-13,16,20H,2-5,7,14-15,17H2,1H3. The molecule has 0 N–H and O–H groups in total. The van der Waals surface area contributed by atoms with Gasteiger partial charge in [0, 0.05) is 11.1 Å². The van der Waals surface area contributed by atoms with Gasteiger partial charge in [0.25, 0.3) is 0 Å². The first-order valence-electron chi connectivity index (χ1n) is 20.3. The molecular formula is C49H58F4. The van der Waals surface area contributed by atoms with Crippen LogP contribution in [0.3, 0.4) is 0 Å². The smallest absolute Gasteiger partial charge is 0.166 e. The minimum Gasteiger partial charge on any atom is -0.204 e. The number of hydrogen-bond acceptors (Lipinski definition) is 0. The Kier molecular flexibility index (Phi) is 16.0. The summed E-state index contributed by atoms with van der Waals surface area (Å²) in [5.41, 5.74) is 8.27. The first-order chi connectivity index (χ1) is 25.9. The Labute approximate surface area is 316 Å². The van der Waals surface area contributed by atoms with Crippen LogP contribution in [0, 0.1) is 23.3 Å². The molecule has 0 radical (unpaired) electrons. The Morgan fingerprint density at radius 1 is 0.472 bits per heavy atom. The van der Waals surface area contributed by atoms with E-state index in [1.165, 1.54) is 92.2 Å². The van der Waals surface area contributed by atoms with Gasteiger partial charge in [0.1, 0.15) is 0 Å². The predicted octanol–water partition coefficient (Wildman–Crippen LogP) is 15.3. The molecule has 0 amide bonds. The summed E-state index contributed by atoms with van der Waals surface area (Å²) in [7, 11) is 0. The molecule has 53 heavy (non-hydrogen) atoms. The van der Waals surface area contributed by atoms with E-state index in [0.29, 0.717) is 23.0 Å². The highest BCUT2D eigenvalue weighted by molar-refractivity contribution is 5.68. The Bertz CT molecular complexity index is 1770. The zero-order chi connectivity index (χ0) is 37.4. The van der Waals surface area contributed by atoms with Crippen LogP contribution in [0.2, 0.25) is 0 Å². The molecular weight excluding hydrogens is 665 g/mol. The fourth-order valence-corrected chi connectivity index (χ4v) is 7.87. The second-order valence-corrected chi connectivity index (χ2v) is 15.1. The molecule has 4 aromatic carbocycles. The minimum absolute atomic E-state index is 0.422. The van der Waals surface area contributed by atoms with Crippen LogP contribution in [0.1, 0.15) is 155 Å². The van der Waals surface area contributed by atoms with Crippen molar-refractivity contribution in [3.63, 3.8) is 0 Å². The lowest BCUT2D eigenvalue weighted by atomic mass is 9.82. The van der Waals surface area contributed by atoms with E-state index < -0.39 is 23.3 Å². The lowest BCUT2D eigenvalue weighted by Crippen LogP contribution is -2.05. The second kappa shape index (κ2) is 21.1. The van der Waals surface area contributed by atoms with Gasteiger partial charge in [-0.25, -0.2) is 17.6 Å². The Hall–Kier alpha value is -3.92. The molecule has 0 fully saturated rings. The summed E-state index contributed by atoms with van der Waals surface area (Å²) in [5, 5.41) is 0. The van der Waals surface area contributed by atoms with Gasteiger partial charge in [-0.1, -0.05) is 144 Å². The van der Waals surface area contributed by atoms with Crippen LogP contribution < -0.4 is 0 Å². The molecule has 2 aliphatic carbocycles. The number of unbranched alkanes of at least 4 members (excludes halogenated alkanes) is 7. The fraction of sp³-hybridized carbons (Fsp3) is 0.429. The van der Waals surface area contributed by atoms with Gasteiger partial charge in [-0.15, -0.1) is 0 Å². The van der Waals surface area contributed by atoms with E-state index in [0.717, 1.165) is 62.5 Å². The molecule has 6 rings (SSSR count). The van der Waals surface area contributed by atoms with Crippen LogP contribution >= 0.6 is 0 Å². The van der Waals surface area contributed by atoms with Crippen molar-refractivity contribution in [2.24, 2.45) is 0 Å². The number of rotatable bonds is 15. The van der Waals surface area contributed by atoms with Crippen LogP contribution in [-0.4, -0.2) is 0 Å². The molecule has 0 spiro atoms. The summed E-state index contributed by atoms with van der Waals surface area (Å²) in [6, 6.07) is 26.9. The van der Waals surface area contributed by atoms with Gasteiger partial charge in [-0.2, -0.15) is 0 Å². The molecule has 0 heterocycles. The minimum atomic E-state index is -0.764. The maximum absolute atomic E-state index is 14.0. The lowest BCUT2D eigenvalue weighted by molar-refractivity contribution is 0.505. The number of hydrogen-bond donors (Lipinski definition) is 0. The largest absolute Gasteiger partial charge is 0.204 e. The van der Waals surface area contributed by atoms with Crippen molar-refractivity contribution in [3.8, 4) is 0 Å². The molecule has 0 aromatic heterocycles. The molecule has 282 valence electrons. The Balaban J connectivity index is 0.000000204. The van der Waals surface area contributed by atoms with E-state index in [4.69, 9.17) is 0 Å². The third kappa shape index (κ3) is 11.8. The average molecular weight is 723 g/mol. The second-order valence-electron chi connectivity index (χ2n) is 15.1. The SMILES string of the molecule is CCCCCCCc1ccc(C2CC=C(c3cccc(F)c3F)CC2)cc1.CCCCCCc1ccc(C2CC=C(c3cccc(F)c3F)CC2)cc1. The van der Waals surface area contributed by atoms with Gasteiger partial charge in [0.15, 0.2) is 23.3 Å². The molecule has 0 bridgehead atoms. The molecule has 0 aliphatic heterocycles. The van der Waals surface area contributed by atoms with Gasteiger partial charge in [0.05, 0.1) is 0 Å². The normalized spacial score (nSPS) is 17.1. The van der Waals surface area contributed by atoms with Gasteiger partial charge in [0.2, 0.25) is 0 Å². The monoisotopic (exact) mass is 722 g/mol. The summed E-state index contributed by atoms with van der Waals surface area (Å²) in [4.78, 5) is 0. The van der Waals surface area contributed by atoms with E-state index in [9.17, 15) is 17.6 Å². The highest BCUT2D eigenvalue weighted by atomic mass is 19.2. The highest BCUT2D eigenvalue weighted by Gasteiger charge is 2.21. The zero-order valence-corrected chi connectivity index (χ0v) is 31.9. The molecule has 0 saturated heterocycles. The summed E-state index contributed by atoms with van der Waals surface area (Å²) in [6.07, 6.45) is 23.6. The van der Waals surface area contributed by atoms with Crippen molar-refractivity contribution < 1.29 is 17.6 Å². The predicted molar refractivity (Wildman–Crippen MR) is 215 cm³/mol. The van der Waals surface area contributed by atoms with Gasteiger partial charge in [-0.05, 0) is 122 Å². The van der Waals surface area contributed by atoms with E-state index >= 15 is 0 Å². The Morgan fingerprint density at radius 3 is 1.25 bits per heavy atom. The molecule has 4 heteroatoms. The van der Waals surface area contributed by atoms with Crippen molar-refractivity contribution in [2.75, 3.05) is 0 Å². The molecule has 0 saturated carbocycles. The number of aryl methyl sites for hydroxylation is 2. The first-order valence-corrected chi connectivity index (χ1v) is 20.3. The third-order valence-corrected chi connectivity index (χ3v) is 11.2. The van der Waals surface area contributed by atoms with Crippen LogP contribution in [0.5, 0.6) is 0 Å². The quantitative estimate of drug-likeness (QED) is 0.0846. The van der Waals surface area contributed by atoms with Crippen molar-refractivity contribution in [2.45, 2.75) is 135 Å². The van der Waals surface area contributed by atoms with Crippen LogP contribution in [-0.2, 0) is 12.8 Å². The molecule has 0 nitrogen and oxygen atoms in total. The zero-order valence-electron chi connectivity index (χ0n) is 31.9. The van der Waals surface area contributed by atoms with E-state index in [1.807, 2.05) is 0 Å². The van der Waals surface area contributed by atoms with Gasteiger partial charge in [-0.3, -0.25) is 0 Å². The molecule has 4 aromatic rings. The number of allylic oxidation sites excluding steroid dienone is 4. The summed E-state index contributed by atoms with van der Waals surface area (Å²) < 4.78 is 54.9. The van der Waals surface area contributed by atoms with Crippen LogP contribution in [0.15, 0.2) is 97.1 Å². The summed E-state index contributed by atoms with van der Waals surface area (Å²) in [5.74, 6) is -2.01.